The van der Waals surface area contributed by atoms with Crippen LogP contribution in [-0.2, 0) is 39.1 Å². The van der Waals surface area contributed by atoms with E-state index >= 15 is 0 Å². The van der Waals surface area contributed by atoms with E-state index in [1.807, 2.05) is 51.2 Å². The molecular weight excluding hydrogens is 626 g/mol. The Labute approximate surface area is 286 Å². The van der Waals surface area contributed by atoms with Crippen molar-refractivity contribution in [3.63, 3.8) is 0 Å². The molecule has 4 N–H and O–H groups in total. The molecule has 0 radical (unpaired) electrons. The minimum Gasteiger partial charge on any atom is -0.493 e. The van der Waals surface area contributed by atoms with Gasteiger partial charge in [0, 0.05) is 38.8 Å². The standard InChI is InChI=1S/C36H45N7O6/c1-23-26(24(2)42(3)41-23)16-18-38-35(47)29-22-32(44)43-19-9-14-30(43)36(48)40-28(21-25-11-5-4-6-12-25)34(46)37-17-10-20-49-31-15-8-7-13-27(31)33(45)39-29/h4-8,11-13,15,28-30H,9-10,14,16-22H2,1-3H3,(H,37,46)(H,38,47)(H,39,45)(H,40,48)/t28-,29-,30+/m0/s1. The van der Waals surface area contributed by atoms with Gasteiger partial charge in [-0.25, -0.2) is 0 Å². The lowest BCUT2D eigenvalue weighted by Gasteiger charge is -2.28. The maximum absolute atomic E-state index is 13.8. The number of ether oxygens (including phenoxy) is 1. The molecule has 49 heavy (non-hydrogen) atoms. The fourth-order valence-electron chi connectivity index (χ4n) is 6.38. The number of carbonyl (C=O) groups is 5. The molecule has 0 aliphatic carbocycles. The van der Waals surface area contributed by atoms with Gasteiger partial charge in [0.25, 0.3) is 5.91 Å². The Morgan fingerprint density at radius 1 is 0.980 bits per heavy atom. The number of carbonyl (C=O) groups excluding carboxylic acids is 5. The van der Waals surface area contributed by atoms with E-state index in [1.54, 1.807) is 28.9 Å². The molecule has 2 aliphatic heterocycles. The van der Waals surface area contributed by atoms with Crippen LogP contribution in [0.15, 0.2) is 54.6 Å². The van der Waals surface area contributed by atoms with Gasteiger partial charge in [0.2, 0.25) is 23.6 Å². The van der Waals surface area contributed by atoms with Crippen LogP contribution >= 0.6 is 0 Å². The van der Waals surface area contributed by atoms with Crippen molar-refractivity contribution in [2.45, 2.75) is 70.5 Å². The molecule has 0 unspecified atom stereocenters. The van der Waals surface area contributed by atoms with E-state index < -0.39 is 41.8 Å². The smallest absolute Gasteiger partial charge is 0.255 e. The van der Waals surface area contributed by atoms with Gasteiger partial charge >= 0.3 is 0 Å². The number of para-hydroxylation sites is 1. The summed E-state index contributed by atoms with van der Waals surface area (Å²) in [6.07, 6.45) is 1.87. The van der Waals surface area contributed by atoms with Crippen LogP contribution in [0.5, 0.6) is 5.75 Å². The Morgan fingerprint density at radius 2 is 1.73 bits per heavy atom. The molecule has 0 spiro atoms. The molecule has 2 aromatic carbocycles. The Hall–Kier alpha value is -5.20. The monoisotopic (exact) mass is 671 g/mol. The van der Waals surface area contributed by atoms with Crippen molar-refractivity contribution >= 4 is 29.5 Å². The third-order valence-electron chi connectivity index (χ3n) is 9.13. The van der Waals surface area contributed by atoms with Crippen LogP contribution in [0.2, 0.25) is 0 Å². The summed E-state index contributed by atoms with van der Waals surface area (Å²) in [6.45, 7) is 4.93. The average Bonchev–Trinajstić information content (AvgIpc) is 3.68. The average molecular weight is 672 g/mol. The van der Waals surface area contributed by atoms with Crippen LogP contribution in [-0.4, -0.2) is 88.6 Å². The molecular formula is C36H45N7O6. The molecule has 1 fully saturated rings. The number of amides is 5. The third kappa shape index (κ3) is 8.84. The van der Waals surface area contributed by atoms with Crippen LogP contribution in [0.25, 0.3) is 0 Å². The first-order valence-corrected chi connectivity index (χ1v) is 16.8. The van der Waals surface area contributed by atoms with Gasteiger partial charge in [-0.1, -0.05) is 42.5 Å². The highest BCUT2D eigenvalue weighted by atomic mass is 16.5. The van der Waals surface area contributed by atoms with Gasteiger partial charge in [0.15, 0.2) is 0 Å². The van der Waals surface area contributed by atoms with E-state index in [1.165, 1.54) is 4.90 Å². The summed E-state index contributed by atoms with van der Waals surface area (Å²) in [5, 5.41) is 15.9. The largest absolute Gasteiger partial charge is 0.493 e. The van der Waals surface area contributed by atoms with Crippen LogP contribution < -0.4 is 26.0 Å². The number of benzene rings is 2. The normalized spacial score (nSPS) is 20.9. The maximum atomic E-state index is 13.8. The quantitative estimate of drug-likeness (QED) is 0.309. The van der Waals surface area contributed by atoms with E-state index in [4.69, 9.17) is 4.74 Å². The number of aryl methyl sites for hydroxylation is 2. The zero-order chi connectivity index (χ0) is 34.9. The van der Waals surface area contributed by atoms with Gasteiger partial charge in [-0.3, -0.25) is 28.7 Å². The molecule has 0 bridgehead atoms. The topological polar surface area (TPSA) is 164 Å². The number of fused-ring (bicyclic) bond motifs is 2. The van der Waals surface area contributed by atoms with Gasteiger partial charge in [0.1, 0.15) is 23.9 Å². The SMILES string of the molecule is Cc1nn(C)c(C)c1CCNC(=O)[C@@H]1CC(=O)N2CCC[C@@H]2C(=O)N[C@@H](Cc2ccccc2)C(=O)NCCCOc2ccccc2C(=O)N1. The fourth-order valence-corrected chi connectivity index (χ4v) is 6.38. The number of hydrogen-bond acceptors (Lipinski definition) is 7. The fraction of sp³-hybridized carbons (Fsp3) is 0.444. The van der Waals surface area contributed by atoms with Crippen molar-refractivity contribution in [3.8, 4) is 5.75 Å². The highest BCUT2D eigenvalue weighted by Crippen LogP contribution is 2.22. The van der Waals surface area contributed by atoms with Gasteiger partial charge < -0.3 is 30.9 Å². The number of aromatic nitrogens is 2. The summed E-state index contributed by atoms with van der Waals surface area (Å²) >= 11 is 0. The Bertz CT molecular complexity index is 1670. The zero-order valence-electron chi connectivity index (χ0n) is 28.3. The lowest BCUT2D eigenvalue weighted by Crippen LogP contribution is -2.55. The molecule has 1 saturated heterocycles. The van der Waals surface area contributed by atoms with Crippen molar-refractivity contribution in [3.05, 3.63) is 82.7 Å². The summed E-state index contributed by atoms with van der Waals surface area (Å²) in [4.78, 5) is 69.5. The number of rotatable bonds is 6. The second-order valence-corrected chi connectivity index (χ2v) is 12.5. The summed E-state index contributed by atoms with van der Waals surface area (Å²) in [5.41, 5.74) is 3.96. The highest BCUT2D eigenvalue weighted by Gasteiger charge is 2.38. The van der Waals surface area contributed by atoms with E-state index in [0.717, 1.165) is 22.5 Å². The first kappa shape index (κ1) is 35.1. The predicted molar refractivity (Wildman–Crippen MR) is 182 cm³/mol. The second kappa shape index (κ2) is 16.3. The molecule has 3 aromatic rings. The summed E-state index contributed by atoms with van der Waals surface area (Å²) in [7, 11) is 1.86. The molecule has 3 atom stereocenters. The van der Waals surface area contributed by atoms with Crippen LogP contribution in [0.4, 0.5) is 0 Å². The van der Waals surface area contributed by atoms with Gasteiger partial charge in [-0.15, -0.1) is 0 Å². The Morgan fingerprint density at radius 3 is 2.49 bits per heavy atom. The Balaban J connectivity index is 1.38. The van der Waals surface area contributed by atoms with E-state index in [9.17, 15) is 24.0 Å². The molecule has 5 amide bonds. The van der Waals surface area contributed by atoms with Gasteiger partial charge in [-0.05, 0) is 62.8 Å². The van der Waals surface area contributed by atoms with Crippen LogP contribution in [0, 0.1) is 13.8 Å². The van der Waals surface area contributed by atoms with Crippen LogP contribution in [0.1, 0.15) is 58.6 Å². The van der Waals surface area contributed by atoms with Crippen molar-refractivity contribution in [2.75, 3.05) is 26.2 Å². The predicted octanol–water partition coefficient (Wildman–Crippen LogP) is 1.50. The molecule has 13 heteroatoms. The zero-order valence-corrected chi connectivity index (χ0v) is 28.3. The molecule has 0 saturated carbocycles. The minimum absolute atomic E-state index is 0.201. The minimum atomic E-state index is -1.22. The maximum Gasteiger partial charge on any atom is 0.255 e. The summed E-state index contributed by atoms with van der Waals surface area (Å²) in [5.74, 6) is -2.01. The molecule has 13 nitrogen and oxygen atoms in total. The second-order valence-electron chi connectivity index (χ2n) is 12.5. The molecule has 3 heterocycles. The first-order valence-electron chi connectivity index (χ1n) is 16.8. The van der Waals surface area contributed by atoms with E-state index in [-0.39, 0.29) is 44.0 Å². The number of hydrogen-bond donors (Lipinski definition) is 4. The van der Waals surface area contributed by atoms with Crippen molar-refractivity contribution in [2.24, 2.45) is 7.05 Å². The van der Waals surface area contributed by atoms with Crippen LogP contribution in [0.3, 0.4) is 0 Å². The van der Waals surface area contributed by atoms with Crippen molar-refractivity contribution in [1.29, 1.82) is 0 Å². The highest BCUT2D eigenvalue weighted by molar-refractivity contribution is 6.01. The Kier molecular flexibility index (Phi) is 11.7. The lowest BCUT2D eigenvalue weighted by molar-refractivity contribution is -0.140. The van der Waals surface area contributed by atoms with E-state index in [0.29, 0.717) is 38.0 Å². The first-order chi connectivity index (χ1) is 23.6. The third-order valence-corrected chi connectivity index (χ3v) is 9.13. The molecule has 2 aliphatic rings. The van der Waals surface area contributed by atoms with Gasteiger partial charge in [0.05, 0.1) is 24.3 Å². The van der Waals surface area contributed by atoms with Gasteiger partial charge in [-0.2, -0.15) is 5.10 Å². The summed E-state index contributed by atoms with van der Waals surface area (Å²) in [6, 6.07) is 13.2. The van der Waals surface area contributed by atoms with Crippen molar-refractivity contribution in [1.82, 2.24) is 35.9 Å². The molecule has 5 rings (SSSR count). The lowest BCUT2D eigenvalue weighted by atomic mass is 10.0. The molecule has 1 aromatic heterocycles. The summed E-state index contributed by atoms with van der Waals surface area (Å²) < 4.78 is 7.71. The van der Waals surface area contributed by atoms with E-state index in [2.05, 4.69) is 26.4 Å². The number of nitrogens with zero attached hydrogens (tertiary/aromatic N) is 3. The van der Waals surface area contributed by atoms with Crippen molar-refractivity contribution < 1.29 is 28.7 Å². The number of nitrogens with one attached hydrogen (secondary N) is 4. The molecule has 260 valence electrons.